The number of likely N-dealkylation sites (tertiary alicyclic amines) is 1. The molecule has 1 fully saturated rings. The highest BCUT2D eigenvalue weighted by molar-refractivity contribution is 6.30. The number of hydrogen-bond acceptors (Lipinski definition) is 3. The van der Waals surface area contributed by atoms with Gasteiger partial charge in [-0.2, -0.15) is 5.10 Å². The molecule has 1 saturated heterocycles. The van der Waals surface area contributed by atoms with Crippen LogP contribution in [0.5, 0.6) is 5.75 Å². The van der Waals surface area contributed by atoms with Gasteiger partial charge in [-0.3, -0.25) is 9.48 Å². The molecule has 0 spiro atoms. The summed E-state index contributed by atoms with van der Waals surface area (Å²) < 4.78 is 20.4. The summed E-state index contributed by atoms with van der Waals surface area (Å²) >= 11 is 5.87. The van der Waals surface area contributed by atoms with E-state index < -0.39 is 0 Å². The van der Waals surface area contributed by atoms with Gasteiger partial charge in [-0.25, -0.2) is 4.39 Å². The Hall–Kier alpha value is -2.08. The number of piperidine rings is 1. The Morgan fingerprint density at radius 2 is 2.19 bits per heavy atom. The number of rotatable bonds is 6. The van der Waals surface area contributed by atoms with E-state index in [1.807, 2.05) is 11.8 Å². The van der Waals surface area contributed by atoms with Crippen molar-refractivity contribution >= 4 is 17.5 Å². The molecule has 0 bridgehead atoms. The Morgan fingerprint density at radius 1 is 1.42 bits per heavy atom. The molecule has 2 aromatic rings. The molecule has 1 aromatic heterocycles. The third-order valence-corrected chi connectivity index (χ3v) is 4.81. The van der Waals surface area contributed by atoms with Gasteiger partial charge in [-0.15, -0.1) is 0 Å². The fourth-order valence-electron chi connectivity index (χ4n) is 3.25. The number of ether oxygens (including phenoxy) is 1. The van der Waals surface area contributed by atoms with E-state index in [2.05, 4.69) is 5.10 Å². The van der Waals surface area contributed by atoms with Gasteiger partial charge >= 0.3 is 0 Å². The molecule has 0 radical (unpaired) electrons. The highest BCUT2D eigenvalue weighted by Gasteiger charge is 2.27. The molecule has 2 heterocycles. The normalized spacial score (nSPS) is 18.6. The van der Waals surface area contributed by atoms with Crippen molar-refractivity contribution in [2.45, 2.75) is 26.3 Å². The number of aromatic nitrogens is 2. The van der Waals surface area contributed by atoms with Gasteiger partial charge in [0.25, 0.3) is 0 Å². The van der Waals surface area contributed by atoms with E-state index in [9.17, 15) is 9.18 Å². The van der Waals surface area contributed by atoms with Crippen molar-refractivity contribution in [1.82, 2.24) is 14.7 Å². The molecule has 7 heteroatoms. The summed E-state index contributed by atoms with van der Waals surface area (Å²) in [7, 11) is 0. The minimum Gasteiger partial charge on any atom is -0.493 e. The lowest BCUT2D eigenvalue weighted by Crippen LogP contribution is -2.44. The molecule has 1 amide bonds. The summed E-state index contributed by atoms with van der Waals surface area (Å²) in [4.78, 5) is 14.7. The first-order valence-corrected chi connectivity index (χ1v) is 9.24. The van der Waals surface area contributed by atoms with E-state index in [0.717, 1.165) is 19.4 Å². The van der Waals surface area contributed by atoms with Crippen LogP contribution in [0.25, 0.3) is 0 Å². The van der Waals surface area contributed by atoms with Crippen molar-refractivity contribution in [1.29, 1.82) is 0 Å². The Morgan fingerprint density at radius 3 is 2.88 bits per heavy atom. The Labute approximate surface area is 157 Å². The van der Waals surface area contributed by atoms with Crippen LogP contribution in [-0.2, 0) is 11.3 Å². The third kappa shape index (κ3) is 4.97. The summed E-state index contributed by atoms with van der Waals surface area (Å²) in [6.45, 7) is 4.41. The smallest absolute Gasteiger partial charge is 0.227 e. The molecule has 0 saturated carbocycles. The van der Waals surface area contributed by atoms with Crippen molar-refractivity contribution in [3.63, 3.8) is 0 Å². The van der Waals surface area contributed by atoms with Crippen LogP contribution < -0.4 is 4.74 Å². The quantitative estimate of drug-likeness (QED) is 0.770. The van der Waals surface area contributed by atoms with Crippen molar-refractivity contribution in [3.8, 4) is 5.75 Å². The number of carbonyl (C=O) groups is 1. The predicted octanol–water partition coefficient (Wildman–Crippen LogP) is 3.63. The van der Waals surface area contributed by atoms with Crippen LogP contribution in [0.1, 0.15) is 19.8 Å². The van der Waals surface area contributed by atoms with Crippen molar-refractivity contribution in [3.05, 3.63) is 47.5 Å². The molecule has 3 rings (SSSR count). The van der Waals surface area contributed by atoms with E-state index in [1.165, 1.54) is 12.1 Å². The summed E-state index contributed by atoms with van der Waals surface area (Å²) in [5.74, 6) is 0.618. The lowest BCUT2D eigenvalue weighted by Gasteiger charge is -2.34. The average Bonchev–Trinajstić information content (AvgIpc) is 3.05. The maximum absolute atomic E-state index is 12.9. The van der Waals surface area contributed by atoms with Gasteiger partial charge in [0, 0.05) is 25.2 Å². The number of hydrogen-bond donors (Lipinski definition) is 0. The molecular weight excluding hydrogens is 357 g/mol. The number of halogens is 2. The van der Waals surface area contributed by atoms with Gasteiger partial charge in [0.15, 0.2) is 0 Å². The maximum atomic E-state index is 12.9. The predicted molar refractivity (Wildman–Crippen MR) is 97.6 cm³/mol. The fourth-order valence-corrected chi connectivity index (χ4v) is 3.41. The Bertz CT molecular complexity index is 735. The second-order valence-corrected chi connectivity index (χ2v) is 7.28. The molecule has 0 unspecified atom stereocenters. The van der Waals surface area contributed by atoms with Gasteiger partial charge in [0.1, 0.15) is 11.6 Å². The molecule has 1 aromatic carbocycles. The monoisotopic (exact) mass is 379 g/mol. The molecule has 1 aliphatic rings. The molecular formula is C19H23ClFN3O2. The number of benzene rings is 1. The van der Waals surface area contributed by atoms with Crippen LogP contribution in [0.3, 0.4) is 0 Å². The minimum atomic E-state index is -0.278. The Kier molecular flexibility index (Phi) is 6.14. The molecule has 140 valence electrons. The maximum Gasteiger partial charge on any atom is 0.227 e. The zero-order valence-corrected chi connectivity index (χ0v) is 15.5. The van der Waals surface area contributed by atoms with Crippen LogP contribution in [0, 0.1) is 17.7 Å². The van der Waals surface area contributed by atoms with Gasteiger partial charge in [-0.05, 0) is 37.1 Å². The highest BCUT2D eigenvalue weighted by atomic mass is 35.5. The molecule has 0 N–H and O–H groups in total. The summed E-state index contributed by atoms with van der Waals surface area (Å²) in [6.07, 6.45) is 5.28. The highest BCUT2D eigenvalue weighted by Crippen LogP contribution is 2.21. The number of nitrogens with zero attached hydrogens (tertiary/aromatic N) is 3. The molecule has 2 atom stereocenters. The molecule has 1 aliphatic heterocycles. The first kappa shape index (κ1) is 18.7. The summed E-state index contributed by atoms with van der Waals surface area (Å²) in [6, 6.07) is 6.02. The summed E-state index contributed by atoms with van der Waals surface area (Å²) in [5, 5.41) is 4.70. The minimum absolute atomic E-state index is 0.128. The largest absolute Gasteiger partial charge is 0.493 e. The van der Waals surface area contributed by atoms with Crippen molar-refractivity contribution in [2.24, 2.45) is 11.8 Å². The zero-order valence-electron chi connectivity index (χ0n) is 14.8. The van der Waals surface area contributed by atoms with Gasteiger partial charge in [0.2, 0.25) is 5.91 Å². The lowest BCUT2D eigenvalue weighted by atomic mass is 9.97. The van der Waals surface area contributed by atoms with Crippen molar-refractivity contribution < 1.29 is 13.9 Å². The molecule has 5 nitrogen and oxygen atoms in total. The second kappa shape index (κ2) is 8.54. The van der Waals surface area contributed by atoms with Crippen LogP contribution in [0.2, 0.25) is 5.02 Å². The molecule has 26 heavy (non-hydrogen) atoms. The van der Waals surface area contributed by atoms with E-state index in [-0.39, 0.29) is 23.6 Å². The van der Waals surface area contributed by atoms with E-state index in [4.69, 9.17) is 16.3 Å². The van der Waals surface area contributed by atoms with Crippen LogP contribution >= 0.6 is 11.6 Å². The number of carbonyl (C=O) groups excluding carboxylic acids is 1. The van der Waals surface area contributed by atoms with E-state index in [1.54, 1.807) is 29.2 Å². The fraction of sp³-hybridized carbons (Fsp3) is 0.474. The second-order valence-electron chi connectivity index (χ2n) is 6.84. The Balaban J connectivity index is 1.50. The topological polar surface area (TPSA) is 47.4 Å². The van der Waals surface area contributed by atoms with E-state index >= 15 is 0 Å². The summed E-state index contributed by atoms with van der Waals surface area (Å²) in [5.41, 5.74) is 0. The third-order valence-electron chi connectivity index (χ3n) is 4.61. The average molecular weight is 380 g/mol. The SMILES string of the molecule is C[C@H](Cn1cc(Cl)cn1)C(=O)N1CCC[C@@H](COc2ccc(F)cc2)C1. The van der Waals surface area contributed by atoms with Gasteiger partial charge < -0.3 is 9.64 Å². The van der Waals surface area contributed by atoms with Gasteiger partial charge in [-0.1, -0.05) is 18.5 Å². The van der Waals surface area contributed by atoms with Crippen molar-refractivity contribution in [2.75, 3.05) is 19.7 Å². The van der Waals surface area contributed by atoms with Crippen LogP contribution in [0.4, 0.5) is 4.39 Å². The standard InChI is InChI=1S/C19H23ClFN3O2/c1-14(10-24-12-16(20)9-22-24)19(25)23-8-2-3-15(11-23)13-26-18-6-4-17(21)5-7-18/h4-7,9,12,14-15H,2-3,8,10-11,13H2,1H3/t14-,15-/m1/s1. The number of amides is 1. The van der Waals surface area contributed by atoms with E-state index in [0.29, 0.717) is 30.5 Å². The first-order valence-electron chi connectivity index (χ1n) is 8.86. The molecule has 0 aliphatic carbocycles. The lowest BCUT2D eigenvalue weighted by molar-refractivity contribution is -0.137. The van der Waals surface area contributed by atoms with Gasteiger partial charge in [0.05, 0.1) is 30.3 Å². The zero-order chi connectivity index (χ0) is 18.5. The van der Waals surface area contributed by atoms with Crippen LogP contribution in [-0.4, -0.2) is 40.3 Å². The van der Waals surface area contributed by atoms with Crippen LogP contribution in [0.15, 0.2) is 36.7 Å². The first-order chi connectivity index (χ1) is 12.5.